The second kappa shape index (κ2) is 6.14. The highest BCUT2D eigenvalue weighted by Gasteiger charge is 2.22. The molecule has 1 rings (SSSR count). The van der Waals surface area contributed by atoms with E-state index in [1.54, 1.807) is 25.1 Å². The van der Waals surface area contributed by atoms with Crippen molar-refractivity contribution in [3.05, 3.63) is 60.0 Å². The van der Waals surface area contributed by atoms with Gasteiger partial charge in [0.25, 0.3) is 0 Å². The van der Waals surface area contributed by atoms with Crippen LogP contribution < -0.4 is 0 Å². The van der Waals surface area contributed by atoms with Crippen LogP contribution in [-0.4, -0.2) is 5.78 Å². The summed E-state index contributed by atoms with van der Waals surface area (Å²) in [5.41, 5.74) is 0.904. The van der Waals surface area contributed by atoms with Crippen molar-refractivity contribution in [1.82, 2.24) is 0 Å². The van der Waals surface area contributed by atoms with Crippen LogP contribution in [0.15, 0.2) is 48.6 Å². The fourth-order valence-corrected chi connectivity index (χ4v) is 1.70. The smallest absolute Gasteiger partial charge is 0.165 e. The number of allylic oxidation sites excluding steroid dienone is 3. The predicted molar refractivity (Wildman–Crippen MR) is 68.4 cm³/mol. The van der Waals surface area contributed by atoms with Gasteiger partial charge in [-0.3, -0.25) is 4.79 Å². The highest BCUT2D eigenvalue weighted by molar-refractivity contribution is 5.99. The SMILES string of the molecule is C=C(C)C(=O)C(C/C=C\C)c1ccccc1F. The lowest BCUT2D eigenvalue weighted by molar-refractivity contribution is -0.116. The molecule has 1 aromatic rings. The van der Waals surface area contributed by atoms with Crippen molar-refractivity contribution in [3.63, 3.8) is 0 Å². The standard InChI is InChI=1S/C15H17FO/c1-4-5-8-13(15(17)11(2)3)12-9-6-7-10-14(12)16/h4-7,9-10,13H,2,8H2,1,3H3/b5-4-. The maximum atomic E-state index is 13.7. The van der Waals surface area contributed by atoms with E-state index in [0.29, 0.717) is 17.6 Å². The molecule has 0 spiro atoms. The van der Waals surface area contributed by atoms with Gasteiger partial charge in [0.15, 0.2) is 5.78 Å². The van der Waals surface area contributed by atoms with Gasteiger partial charge in [-0.05, 0) is 37.5 Å². The second-order valence-electron chi connectivity index (χ2n) is 4.02. The van der Waals surface area contributed by atoms with Gasteiger partial charge in [0.05, 0.1) is 5.92 Å². The minimum atomic E-state index is -0.468. The highest BCUT2D eigenvalue weighted by Crippen LogP contribution is 2.26. The fraction of sp³-hybridized carbons (Fsp3) is 0.267. The third-order valence-electron chi connectivity index (χ3n) is 2.63. The third kappa shape index (κ3) is 3.38. The molecule has 1 nitrogen and oxygen atoms in total. The van der Waals surface area contributed by atoms with Crippen molar-refractivity contribution in [2.45, 2.75) is 26.2 Å². The van der Waals surface area contributed by atoms with Gasteiger partial charge in [-0.2, -0.15) is 0 Å². The Balaban J connectivity index is 3.10. The number of ketones is 1. The molecule has 0 aliphatic carbocycles. The van der Waals surface area contributed by atoms with Gasteiger partial charge >= 0.3 is 0 Å². The van der Waals surface area contributed by atoms with Crippen molar-refractivity contribution in [1.29, 1.82) is 0 Å². The molecule has 1 unspecified atom stereocenters. The van der Waals surface area contributed by atoms with E-state index in [1.807, 2.05) is 19.1 Å². The minimum absolute atomic E-state index is 0.104. The van der Waals surface area contributed by atoms with E-state index in [-0.39, 0.29) is 11.6 Å². The summed E-state index contributed by atoms with van der Waals surface area (Å²) in [7, 11) is 0. The number of carbonyl (C=O) groups excluding carboxylic acids is 1. The molecule has 0 N–H and O–H groups in total. The lowest BCUT2D eigenvalue weighted by Gasteiger charge is -2.15. The average Bonchev–Trinajstić information content (AvgIpc) is 2.31. The zero-order valence-electron chi connectivity index (χ0n) is 10.2. The van der Waals surface area contributed by atoms with Gasteiger partial charge in [-0.1, -0.05) is 36.9 Å². The molecule has 1 aromatic carbocycles. The fourth-order valence-electron chi connectivity index (χ4n) is 1.70. The van der Waals surface area contributed by atoms with E-state index in [4.69, 9.17) is 0 Å². The summed E-state index contributed by atoms with van der Waals surface area (Å²) < 4.78 is 13.7. The molecule has 0 aliphatic rings. The minimum Gasteiger partial charge on any atom is -0.294 e. The zero-order valence-corrected chi connectivity index (χ0v) is 10.2. The molecule has 0 aliphatic heterocycles. The number of hydrogen-bond acceptors (Lipinski definition) is 1. The number of halogens is 1. The van der Waals surface area contributed by atoms with Crippen LogP contribution in [0.1, 0.15) is 31.7 Å². The molecule has 0 fully saturated rings. The molecule has 0 heterocycles. The summed E-state index contributed by atoms with van der Waals surface area (Å²) in [5, 5.41) is 0. The zero-order chi connectivity index (χ0) is 12.8. The van der Waals surface area contributed by atoms with Crippen LogP contribution in [0.5, 0.6) is 0 Å². The molecular weight excluding hydrogens is 215 g/mol. The van der Waals surface area contributed by atoms with Gasteiger partial charge in [-0.25, -0.2) is 4.39 Å². The molecule has 17 heavy (non-hydrogen) atoms. The Hall–Kier alpha value is -1.70. The number of hydrogen-bond donors (Lipinski definition) is 0. The van der Waals surface area contributed by atoms with Gasteiger partial charge in [0, 0.05) is 0 Å². The first-order chi connectivity index (χ1) is 8.07. The summed E-state index contributed by atoms with van der Waals surface area (Å²) in [6, 6.07) is 6.40. The first-order valence-corrected chi connectivity index (χ1v) is 5.63. The third-order valence-corrected chi connectivity index (χ3v) is 2.63. The van der Waals surface area contributed by atoms with E-state index in [9.17, 15) is 9.18 Å². The summed E-state index contributed by atoms with van der Waals surface area (Å²) in [4.78, 5) is 12.0. The van der Waals surface area contributed by atoms with Crippen LogP contribution in [0.25, 0.3) is 0 Å². The summed E-state index contributed by atoms with van der Waals surface area (Å²) >= 11 is 0. The molecule has 2 heteroatoms. The van der Waals surface area contributed by atoms with Gasteiger partial charge in [-0.15, -0.1) is 0 Å². The van der Waals surface area contributed by atoms with E-state index in [0.717, 1.165) is 0 Å². The summed E-state index contributed by atoms with van der Waals surface area (Å²) in [6.45, 7) is 7.18. The topological polar surface area (TPSA) is 17.1 Å². The average molecular weight is 232 g/mol. The quantitative estimate of drug-likeness (QED) is 0.553. The Labute approximate surface area is 102 Å². The maximum Gasteiger partial charge on any atom is 0.165 e. The lowest BCUT2D eigenvalue weighted by Crippen LogP contribution is -2.14. The molecule has 1 atom stereocenters. The molecule has 0 aromatic heterocycles. The monoisotopic (exact) mass is 232 g/mol. The van der Waals surface area contributed by atoms with E-state index >= 15 is 0 Å². The second-order valence-corrected chi connectivity index (χ2v) is 4.02. The van der Waals surface area contributed by atoms with Gasteiger partial charge in [0.1, 0.15) is 5.82 Å². The number of benzene rings is 1. The van der Waals surface area contributed by atoms with E-state index < -0.39 is 5.92 Å². The Morgan fingerprint density at radius 3 is 2.65 bits per heavy atom. The first kappa shape index (κ1) is 13.4. The van der Waals surface area contributed by atoms with Crippen molar-refractivity contribution >= 4 is 5.78 Å². The Morgan fingerprint density at radius 2 is 2.12 bits per heavy atom. The van der Waals surface area contributed by atoms with Crippen molar-refractivity contribution < 1.29 is 9.18 Å². The predicted octanol–water partition coefficient (Wildman–Crippen LogP) is 4.02. The van der Waals surface area contributed by atoms with Crippen LogP contribution in [0.4, 0.5) is 4.39 Å². The van der Waals surface area contributed by atoms with E-state index in [2.05, 4.69) is 6.58 Å². The van der Waals surface area contributed by atoms with Crippen LogP contribution in [0.2, 0.25) is 0 Å². The van der Waals surface area contributed by atoms with Gasteiger partial charge in [0.2, 0.25) is 0 Å². The molecular formula is C15H17FO. The van der Waals surface area contributed by atoms with Crippen LogP contribution in [-0.2, 0) is 4.79 Å². The molecule has 0 amide bonds. The molecule has 0 saturated heterocycles. The van der Waals surface area contributed by atoms with Crippen LogP contribution in [0, 0.1) is 5.82 Å². The largest absolute Gasteiger partial charge is 0.294 e. The normalized spacial score (nSPS) is 12.6. The first-order valence-electron chi connectivity index (χ1n) is 5.63. The van der Waals surface area contributed by atoms with Crippen molar-refractivity contribution in [2.24, 2.45) is 0 Å². The molecule has 0 bridgehead atoms. The Morgan fingerprint density at radius 1 is 1.47 bits per heavy atom. The Kier molecular flexibility index (Phi) is 4.83. The molecule has 0 saturated carbocycles. The van der Waals surface area contributed by atoms with Crippen molar-refractivity contribution in [3.8, 4) is 0 Å². The number of Topliss-reactive ketones (excluding diaryl/α,β-unsaturated/α-hetero) is 1. The number of carbonyl (C=O) groups is 1. The van der Waals surface area contributed by atoms with Gasteiger partial charge < -0.3 is 0 Å². The Bertz CT molecular complexity index is 446. The maximum absolute atomic E-state index is 13.7. The molecule has 90 valence electrons. The number of rotatable bonds is 5. The summed E-state index contributed by atoms with van der Waals surface area (Å²) in [6.07, 6.45) is 4.24. The lowest BCUT2D eigenvalue weighted by atomic mass is 9.88. The van der Waals surface area contributed by atoms with Crippen LogP contribution in [0.3, 0.4) is 0 Å². The van der Waals surface area contributed by atoms with Crippen LogP contribution >= 0.6 is 0 Å². The van der Waals surface area contributed by atoms with E-state index in [1.165, 1.54) is 6.07 Å². The summed E-state index contributed by atoms with van der Waals surface area (Å²) in [5.74, 6) is -0.908. The molecule has 0 radical (unpaired) electrons. The highest BCUT2D eigenvalue weighted by atomic mass is 19.1. The van der Waals surface area contributed by atoms with Crippen molar-refractivity contribution in [2.75, 3.05) is 0 Å².